The molecule has 0 unspecified atom stereocenters. The summed E-state index contributed by atoms with van der Waals surface area (Å²) in [6, 6.07) is 0.247. The van der Waals surface area contributed by atoms with Crippen LogP contribution in [-0.2, 0) is 11.0 Å². The van der Waals surface area contributed by atoms with E-state index in [1.54, 1.807) is 11.8 Å². The van der Waals surface area contributed by atoms with Gasteiger partial charge in [-0.05, 0) is 43.6 Å². The van der Waals surface area contributed by atoms with Gasteiger partial charge < -0.3 is 15.2 Å². The van der Waals surface area contributed by atoms with Crippen LogP contribution in [0.4, 0.5) is 17.6 Å². The predicted molar refractivity (Wildman–Crippen MR) is 100 cm³/mol. The van der Waals surface area contributed by atoms with Crippen LogP contribution >= 0.6 is 0 Å². The molecule has 10 heteroatoms. The summed E-state index contributed by atoms with van der Waals surface area (Å²) in [5.41, 5.74) is -1.39. The lowest BCUT2D eigenvalue weighted by molar-refractivity contribution is -0.143. The quantitative estimate of drug-likeness (QED) is 0.733. The fourth-order valence-corrected chi connectivity index (χ4v) is 4.06. The minimum Gasteiger partial charge on any atom is -0.349 e. The van der Waals surface area contributed by atoms with E-state index in [2.05, 4.69) is 15.3 Å². The molecule has 2 fully saturated rings. The number of nitrogens with zero attached hydrogens (tertiary/aromatic N) is 2. The lowest BCUT2D eigenvalue weighted by Crippen LogP contribution is -2.50. The second-order valence-corrected chi connectivity index (χ2v) is 8.19. The summed E-state index contributed by atoms with van der Waals surface area (Å²) in [5, 5.41) is 2.23. The third kappa shape index (κ3) is 3.75. The van der Waals surface area contributed by atoms with E-state index in [1.807, 2.05) is 0 Å². The van der Waals surface area contributed by atoms with E-state index in [-0.39, 0.29) is 22.5 Å². The van der Waals surface area contributed by atoms with Crippen molar-refractivity contribution in [3.63, 3.8) is 0 Å². The summed E-state index contributed by atoms with van der Waals surface area (Å²) in [6.45, 7) is 3.09. The predicted octanol–water partition coefficient (Wildman–Crippen LogP) is 3.63. The van der Waals surface area contributed by atoms with E-state index in [0.29, 0.717) is 24.9 Å². The van der Waals surface area contributed by atoms with Crippen LogP contribution in [0, 0.1) is 11.2 Å². The summed E-state index contributed by atoms with van der Waals surface area (Å²) in [5.74, 6) is -2.40. The van der Waals surface area contributed by atoms with Crippen LogP contribution in [0.15, 0.2) is 12.3 Å². The Bertz CT molecular complexity index is 987. The minimum absolute atomic E-state index is 0.0317. The largest absolute Gasteiger partial charge is 0.436 e. The fraction of sp³-hybridized carbons (Fsp3) is 0.550. The highest BCUT2D eigenvalue weighted by molar-refractivity contribution is 6.00. The second-order valence-electron chi connectivity index (χ2n) is 8.19. The average molecular weight is 426 g/mol. The number of hydrogen-bond acceptors (Lipinski definition) is 3. The highest BCUT2D eigenvalue weighted by atomic mass is 19.4. The topological polar surface area (TPSA) is 78.1 Å². The molecule has 0 bridgehead atoms. The number of alkyl halides is 3. The van der Waals surface area contributed by atoms with Gasteiger partial charge in [-0.2, -0.15) is 13.2 Å². The van der Waals surface area contributed by atoms with Crippen molar-refractivity contribution in [2.45, 2.75) is 51.2 Å². The SMILES string of the molecule is CC[C@@H](NC(=O)c1cc2c(F)c(C(F)(F)F)ncc2[nH]1)C(=O)N1CCC2(CC1)CC2. The first-order valence-corrected chi connectivity index (χ1v) is 9.97. The van der Waals surface area contributed by atoms with Crippen molar-refractivity contribution in [2.75, 3.05) is 13.1 Å². The third-order valence-corrected chi connectivity index (χ3v) is 6.23. The molecule has 1 aliphatic carbocycles. The Morgan fingerprint density at radius 1 is 1.27 bits per heavy atom. The Balaban J connectivity index is 1.48. The normalized spacial score (nSPS) is 19.2. The first-order valence-electron chi connectivity index (χ1n) is 9.97. The number of carbonyl (C=O) groups excluding carboxylic acids is 2. The van der Waals surface area contributed by atoms with Gasteiger partial charge in [0.15, 0.2) is 11.5 Å². The molecular weight excluding hydrogens is 404 g/mol. The molecule has 2 N–H and O–H groups in total. The summed E-state index contributed by atoms with van der Waals surface area (Å²) in [6.07, 6.45) is 0.626. The van der Waals surface area contributed by atoms with Crippen LogP contribution in [-0.4, -0.2) is 45.8 Å². The molecule has 2 amide bonds. The Morgan fingerprint density at radius 3 is 2.50 bits per heavy atom. The minimum atomic E-state index is -4.94. The van der Waals surface area contributed by atoms with Crippen LogP contribution in [0.5, 0.6) is 0 Å². The number of nitrogens with one attached hydrogen (secondary N) is 2. The molecule has 1 atom stereocenters. The number of aromatic amines is 1. The molecule has 162 valence electrons. The van der Waals surface area contributed by atoms with Crippen LogP contribution in [0.3, 0.4) is 0 Å². The third-order valence-electron chi connectivity index (χ3n) is 6.23. The number of amides is 2. The molecular formula is C20H22F4N4O2. The number of halogens is 4. The number of fused-ring (bicyclic) bond motifs is 1. The molecule has 1 spiro atoms. The number of pyridine rings is 1. The summed E-state index contributed by atoms with van der Waals surface area (Å²) >= 11 is 0. The van der Waals surface area contributed by atoms with Gasteiger partial charge >= 0.3 is 6.18 Å². The van der Waals surface area contributed by atoms with Gasteiger partial charge in [0.05, 0.1) is 11.7 Å². The molecule has 1 aliphatic heterocycles. The van der Waals surface area contributed by atoms with E-state index < -0.39 is 29.6 Å². The van der Waals surface area contributed by atoms with Gasteiger partial charge in [-0.15, -0.1) is 0 Å². The zero-order chi connectivity index (χ0) is 21.7. The lowest BCUT2D eigenvalue weighted by Gasteiger charge is -2.34. The Hall–Kier alpha value is -2.65. The Morgan fingerprint density at radius 2 is 1.93 bits per heavy atom. The smallest absolute Gasteiger partial charge is 0.349 e. The number of carbonyl (C=O) groups is 2. The van der Waals surface area contributed by atoms with Crippen LogP contribution in [0.25, 0.3) is 10.9 Å². The average Bonchev–Trinajstić information content (AvgIpc) is 3.29. The van der Waals surface area contributed by atoms with Crippen molar-refractivity contribution in [3.8, 4) is 0 Å². The van der Waals surface area contributed by atoms with Crippen LogP contribution in [0.2, 0.25) is 0 Å². The van der Waals surface area contributed by atoms with Gasteiger partial charge in [0.1, 0.15) is 11.7 Å². The molecule has 2 aromatic heterocycles. The molecule has 0 aromatic carbocycles. The summed E-state index contributed by atoms with van der Waals surface area (Å²) in [4.78, 5) is 32.9. The van der Waals surface area contributed by atoms with Crippen molar-refractivity contribution in [1.82, 2.24) is 20.2 Å². The standard InChI is InChI=1S/C20H22F4N4O2/c1-2-12(18(30)28-7-5-19(3-4-19)6-8-28)27-17(29)13-9-11-14(26-13)10-25-16(15(11)21)20(22,23)24/h9-10,12,26H,2-8H2,1H3,(H,27,29)/t12-/m1/s1. The van der Waals surface area contributed by atoms with E-state index in [0.717, 1.165) is 25.1 Å². The van der Waals surface area contributed by atoms with E-state index in [9.17, 15) is 27.2 Å². The van der Waals surface area contributed by atoms with Gasteiger partial charge in [0.25, 0.3) is 5.91 Å². The zero-order valence-corrected chi connectivity index (χ0v) is 16.4. The van der Waals surface area contributed by atoms with E-state index >= 15 is 0 Å². The second kappa shape index (κ2) is 7.24. The molecule has 3 heterocycles. The number of aromatic nitrogens is 2. The summed E-state index contributed by atoms with van der Waals surface area (Å²) in [7, 11) is 0. The molecule has 1 saturated heterocycles. The van der Waals surface area contributed by atoms with Crippen molar-refractivity contribution in [2.24, 2.45) is 5.41 Å². The van der Waals surface area contributed by atoms with Gasteiger partial charge in [-0.25, -0.2) is 9.37 Å². The highest BCUT2D eigenvalue weighted by Gasteiger charge is 2.45. The number of likely N-dealkylation sites (tertiary alicyclic amines) is 1. The Labute approximate surface area is 170 Å². The molecule has 1 saturated carbocycles. The molecule has 0 radical (unpaired) electrons. The maximum absolute atomic E-state index is 14.2. The van der Waals surface area contributed by atoms with E-state index in [1.165, 1.54) is 12.8 Å². The van der Waals surface area contributed by atoms with Crippen molar-refractivity contribution in [3.05, 3.63) is 29.5 Å². The number of H-pyrrole nitrogens is 1. The van der Waals surface area contributed by atoms with E-state index in [4.69, 9.17) is 0 Å². The van der Waals surface area contributed by atoms with Gasteiger partial charge in [-0.3, -0.25) is 9.59 Å². The zero-order valence-electron chi connectivity index (χ0n) is 16.4. The highest BCUT2D eigenvalue weighted by Crippen LogP contribution is 2.53. The van der Waals surface area contributed by atoms with Gasteiger partial charge in [0.2, 0.25) is 5.91 Å². The molecule has 2 aliphatic rings. The fourth-order valence-electron chi connectivity index (χ4n) is 4.06. The van der Waals surface area contributed by atoms with Crippen molar-refractivity contribution in [1.29, 1.82) is 0 Å². The lowest BCUT2D eigenvalue weighted by atomic mass is 9.93. The first kappa shape index (κ1) is 20.6. The molecule has 2 aromatic rings. The molecule has 30 heavy (non-hydrogen) atoms. The number of rotatable bonds is 4. The van der Waals surface area contributed by atoms with Crippen LogP contribution in [0.1, 0.15) is 55.2 Å². The molecule has 4 rings (SSSR count). The maximum atomic E-state index is 14.2. The number of hydrogen-bond donors (Lipinski definition) is 2. The maximum Gasteiger partial charge on any atom is 0.436 e. The van der Waals surface area contributed by atoms with Crippen molar-refractivity contribution >= 4 is 22.7 Å². The first-order chi connectivity index (χ1) is 14.1. The number of piperidine rings is 1. The van der Waals surface area contributed by atoms with Crippen molar-refractivity contribution < 1.29 is 27.2 Å². The molecule has 6 nitrogen and oxygen atoms in total. The van der Waals surface area contributed by atoms with Gasteiger partial charge in [-0.1, -0.05) is 6.92 Å². The Kier molecular flexibility index (Phi) is 4.98. The summed E-state index contributed by atoms with van der Waals surface area (Å²) < 4.78 is 52.7. The monoisotopic (exact) mass is 426 g/mol. The van der Waals surface area contributed by atoms with Gasteiger partial charge in [0, 0.05) is 18.5 Å². The van der Waals surface area contributed by atoms with Crippen LogP contribution < -0.4 is 5.32 Å².